The first kappa shape index (κ1) is 15.7. The fourth-order valence-corrected chi connectivity index (χ4v) is 2.17. The molecule has 0 aliphatic rings. The van der Waals surface area contributed by atoms with E-state index in [0.717, 1.165) is 12.0 Å². The maximum absolute atomic E-state index is 12.5. The Kier molecular flexibility index (Phi) is 4.59. The van der Waals surface area contributed by atoms with Crippen LogP contribution in [0, 0.1) is 10.1 Å². The molecule has 0 bridgehead atoms. The van der Waals surface area contributed by atoms with Crippen molar-refractivity contribution < 1.29 is 14.1 Å². The molecule has 1 unspecified atom stereocenters. The zero-order valence-corrected chi connectivity index (χ0v) is 12.7. The van der Waals surface area contributed by atoms with Gasteiger partial charge in [0, 0.05) is 26.6 Å². The summed E-state index contributed by atoms with van der Waals surface area (Å²) in [5, 5.41) is 14.8. The number of aryl methyl sites for hydroxylation is 2. The van der Waals surface area contributed by atoms with Crippen molar-refractivity contribution in [2.24, 2.45) is 7.05 Å². The SMILES string of the molecule is CC(CCc1ccco1)N(C)C(=O)c1c([N+](=O)[O-])cnn1C. The number of rotatable bonds is 6. The Morgan fingerprint density at radius 3 is 2.91 bits per heavy atom. The highest BCUT2D eigenvalue weighted by atomic mass is 16.6. The van der Waals surface area contributed by atoms with Crippen molar-refractivity contribution in [1.82, 2.24) is 14.7 Å². The van der Waals surface area contributed by atoms with Crippen LogP contribution in [0.25, 0.3) is 0 Å². The summed E-state index contributed by atoms with van der Waals surface area (Å²) in [6, 6.07) is 3.60. The van der Waals surface area contributed by atoms with E-state index in [4.69, 9.17) is 4.42 Å². The predicted octanol–water partition coefficient (Wildman–Crippen LogP) is 2.01. The minimum absolute atomic E-state index is 0.0163. The average molecular weight is 306 g/mol. The summed E-state index contributed by atoms with van der Waals surface area (Å²) in [7, 11) is 3.15. The predicted molar refractivity (Wildman–Crippen MR) is 78.4 cm³/mol. The minimum Gasteiger partial charge on any atom is -0.469 e. The van der Waals surface area contributed by atoms with Crippen molar-refractivity contribution in [2.45, 2.75) is 25.8 Å². The number of hydrogen-bond acceptors (Lipinski definition) is 5. The summed E-state index contributed by atoms with van der Waals surface area (Å²) in [6.07, 6.45) is 4.09. The number of carbonyl (C=O) groups is 1. The molecule has 0 aromatic carbocycles. The first-order valence-electron chi connectivity index (χ1n) is 6.87. The molecule has 1 amide bonds. The van der Waals surface area contributed by atoms with Gasteiger partial charge in [0.25, 0.3) is 5.91 Å². The van der Waals surface area contributed by atoms with Gasteiger partial charge in [-0.05, 0) is 25.5 Å². The molecule has 0 radical (unpaired) electrons. The second-order valence-electron chi connectivity index (χ2n) is 5.14. The Bertz CT molecular complexity index is 662. The number of amides is 1. The van der Waals surface area contributed by atoms with Crippen LogP contribution in [0.15, 0.2) is 29.0 Å². The van der Waals surface area contributed by atoms with E-state index in [1.165, 1.54) is 16.6 Å². The molecule has 0 N–H and O–H groups in total. The lowest BCUT2D eigenvalue weighted by Gasteiger charge is -2.24. The summed E-state index contributed by atoms with van der Waals surface area (Å²) in [5.41, 5.74) is -0.296. The number of hydrogen-bond donors (Lipinski definition) is 0. The molecule has 2 aromatic rings. The normalized spacial score (nSPS) is 12.1. The number of nitrogens with zero attached hydrogens (tertiary/aromatic N) is 4. The molecule has 0 aliphatic heterocycles. The van der Waals surface area contributed by atoms with Gasteiger partial charge in [-0.3, -0.25) is 19.6 Å². The number of nitro groups is 1. The van der Waals surface area contributed by atoms with E-state index in [1.54, 1.807) is 13.3 Å². The molecule has 8 heteroatoms. The highest BCUT2D eigenvalue weighted by molar-refractivity contribution is 5.96. The first-order valence-corrected chi connectivity index (χ1v) is 6.87. The van der Waals surface area contributed by atoms with Crippen LogP contribution in [0.3, 0.4) is 0 Å². The van der Waals surface area contributed by atoms with Crippen LogP contribution in [0.4, 0.5) is 5.69 Å². The molecule has 0 aliphatic carbocycles. The summed E-state index contributed by atoms with van der Waals surface area (Å²) in [5.74, 6) is 0.429. The molecule has 1 atom stereocenters. The molecule has 22 heavy (non-hydrogen) atoms. The van der Waals surface area contributed by atoms with Gasteiger partial charge in [-0.1, -0.05) is 0 Å². The molecule has 0 saturated carbocycles. The molecule has 0 spiro atoms. The quantitative estimate of drug-likeness (QED) is 0.601. The second kappa shape index (κ2) is 6.42. The number of aromatic nitrogens is 2. The van der Waals surface area contributed by atoms with E-state index < -0.39 is 10.8 Å². The van der Waals surface area contributed by atoms with E-state index in [0.29, 0.717) is 12.8 Å². The molecule has 2 rings (SSSR count). The Morgan fingerprint density at radius 2 is 2.32 bits per heavy atom. The van der Waals surface area contributed by atoms with Crippen molar-refractivity contribution >= 4 is 11.6 Å². The first-order chi connectivity index (χ1) is 10.4. The van der Waals surface area contributed by atoms with Gasteiger partial charge in [-0.2, -0.15) is 5.10 Å². The van der Waals surface area contributed by atoms with Crippen LogP contribution in [-0.2, 0) is 13.5 Å². The third kappa shape index (κ3) is 3.16. The molecule has 0 fully saturated rings. The van der Waals surface area contributed by atoms with Gasteiger partial charge in [-0.15, -0.1) is 0 Å². The maximum Gasteiger partial charge on any atom is 0.320 e. The van der Waals surface area contributed by atoms with Gasteiger partial charge in [0.1, 0.15) is 12.0 Å². The highest BCUT2D eigenvalue weighted by Crippen LogP contribution is 2.20. The fraction of sp³-hybridized carbons (Fsp3) is 0.429. The van der Waals surface area contributed by atoms with Gasteiger partial charge in [0.05, 0.1) is 11.2 Å². The monoisotopic (exact) mass is 306 g/mol. The van der Waals surface area contributed by atoms with Gasteiger partial charge in [-0.25, -0.2) is 0 Å². The van der Waals surface area contributed by atoms with Crippen molar-refractivity contribution in [3.8, 4) is 0 Å². The van der Waals surface area contributed by atoms with Crippen LogP contribution in [0.2, 0.25) is 0 Å². The maximum atomic E-state index is 12.5. The van der Waals surface area contributed by atoms with E-state index >= 15 is 0 Å². The van der Waals surface area contributed by atoms with E-state index in [2.05, 4.69) is 5.10 Å². The van der Waals surface area contributed by atoms with Gasteiger partial charge >= 0.3 is 5.69 Å². The Balaban J connectivity index is 2.08. The topological polar surface area (TPSA) is 94.4 Å². The lowest BCUT2D eigenvalue weighted by atomic mass is 10.1. The smallest absolute Gasteiger partial charge is 0.320 e. The Labute approximate surface area is 127 Å². The Morgan fingerprint density at radius 1 is 1.59 bits per heavy atom. The van der Waals surface area contributed by atoms with Gasteiger partial charge in [0.15, 0.2) is 0 Å². The van der Waals surface area contributed by atoms with Crippen molar-refractivity contribution in [3.05, 3.63) is 46.2 Å². The second-order valence-corrected chi connectivity index (χ2v) is 5.14. The van der Waals surface area contributed by atoms with Crippen molar-refractivity contribution in [2.75, 3.05) is 7.05 Å². The van der Waals surface area contributed by atoms with E-state index in [1.807, 2.05) is 19.1 Å². The number of carbonyl (C=O) groups excluding carboxylic acids is 1. The van der Waals surface area contributed by atoms with Crippen LogP contribution >= 0.6 is 0 Å². The largest absolute Gasteiger partial charge is 0.469 e. The lowest BCUT2D eigenvalue weighted by molar-refractivity contribution is -0.385. The average Bonchev–Trinajstić information content (AvgIpc) is 3.12. The third-order valence-corrected chi connectivity index (χ3v) is 3.69. The third-order valence-electron chi connectivity index (χ3n) is 3.69. The molecule has 0 saturated heterocycles. The standard InChI is InChI=1S/C14H18N4O4/c1-10(6-7-11-5-4-8-22-11)16(2)14(19)13-12(18(20)21)9-15-17(13)3/h4-5,8-10H,6-7H2,1-3H3. The van der Waals surface area contributed by atoms with Gasteiger partial charge < -0.3 is 9.32 Å². The summed E-state index contributed by atoms with van der Waals surface area (Å²) in [6.45, 7) is 1.89. The number of furan rings is 1. The van der Waals surface area contributed by atoms with E-state index in [9.17, 15) is 14.9 Å². The molecule has 8 nitrogen and oxygen atoms in total. The fourth-order valence-electron chi connectivity index (χ4n) is 2.17. The van der Waals surface area contributed by atoms with Crippen LogP contribution in [0.1, 0.15) is 29.6 Å². The van der Waals surface area contributed by atoms with Crippen LogP contribution in [0.5, 0.6) is 0 Å². The van der Waals surface area contributed by atoms with Crippen LogP contribution in [-0.4, -0.2) is 38.6 Å². The van der Waals surface area contributed by atoms with Crippen molar-refractivity contribution in [1.29, 1.82) is 0 Å². The zero-order valence-electron chi connectivity index (χ0n) is 12.7. The molecular weight excluding hydrogens is 288 g/mol. The molecule has 118 valence electrons. The van der Waals surface area contributed by atoms with E-state index in [-0.39, 0.29) is 17.4 Å². The van der Waals surface area contributed by atoms with Crippen LogP contribution < -0.4 is 0 Å². The highest BCUT2D eigenvalue weighted by Gasteiger charge is 2.29. The lowest BCUT2D eigenvalue weighted by Crippen LogP contribution is -2.36. The Hall–Kier alpha value is -2.64. The zero-order chi connectivity index (χ0) is 16.3. The summed E-state index contributed by atoms with van der Waals surface area (Å²) >= 11 is 0. The summed E-state index contributed by atoms with van der Waals surface area (Å²) in [4.78, 5) is 24.4. The molecular formula is C14H18N4O4. The van der Waals surface area contributed by atoms with Gasteiger partial charge in [0.2, 0.25) is 5.69 Å². The molecule has 2 aromatic heterocycles. The van der Waals surface area contributed by atoms with Crippen molar-refractivity contribution in [3.63, 3.8) is 0 Å². The minimum atomic E-state index is -0.596. The summed E-state index contributed by atoms with van der Waals surface area (Å²) < 4.78 is 6.49. The molecule has 2 heterocycles.